The summed E-state index contributed by atoms with van der Waals surface area (Å²) in [5.41, 5.74) is 0.681. The molecule has 0 bridgehead atoms. The molecule has 118 valence electrons. The van der Waals surface area contributed by atoms with Gasteiger partial charge in [-0.15, -0.1) is 0 Å². The van der Waals surface area contributed by atoms with Crippen LogP contribution in [-0.4, -0.2) is 53.6 Å². The van der Waals surface area contributed by atoms with Crippen molar-refractivity contribution < 1.29 is 14.9 Å². The highest BCUT2D eigenvalue weighted by Gasteiger charge is 2.34. The maximum absolute atomic E-state index is 10.7. The van der Waals surface area contributed by atoms with Gasteiger partial charge in [-0.1, -0.05) is 44.2 Å². The first-order valence-corrected chi connectivity index (χ1v) is 7.64. The average molecular weight is 293 g/mol. The molecule has 1 aromatic rings. The minimum Gasteiger partial charge on any atom is -0.394 e. The minimum atomic E-state index is -0.510. The van der Waals surface area contributed by atoms with E-state index in [9.17, 15) is 10.2 Å². The molecule has 0 aromatic heterocycles. The van der Waals surface area contributed by atoms with Crippen LogP contribution in [0.2, 0.25) is 0 Å². The van der Waals surface area contributed by atoms with Crippen LogP contribution >= 0.6 is 0 Å². The van der Waals surface area contributed by atoms with Crippen LogP contribution in [-0.2, 0) is 4.74 Å². The zero-order valence-electron chi connectivity index (χ0n) is 13.2. The Balaban J connectivity index is 2.02. The third kappa shape index (κ3) is 4.27. The molecular weight excluding hydrogens is 266 g/mol. The van der Waals surface area contributed by atoms with Crippen molar-refractivity contribution in [3.63, 3.8) is 0 Å². The van der Waals surface area contributed by atoms with Gasteiger partial charge in [0.2, 0.25) is 0 Å². The molecule has 1 saturated heterocycles. The maximum Gasteiger partial charge on any atom is 0.0936 e. The largest absolute Gasteiger partial charge is 0.394 e. The van der Waals surface area contributed by atoms with Gasteiger partial charge in [-0.3, -0.25) is 4.90 Å². The third-order valence-corrected chi connectivity index (χ3v) is 4.09. The number of ether oxygens (including phenoxy) is 1. The topological polar surface area (TPSA) is 52.9 Å². The molecule has 2 N–H and O–H groups in total. The van der Waals surface area contributed by atoms with E-state index < -0.39 is 6.10 Å². The van der Waals surface area contributed by atoms with Crippen molar-refractivity contribution in [3.05, 3.63) is 35.9 Å². The van der Waals surface area contributed by atoms with Gasteiger partial charge in [0, 0.05) is 25.0 Å². The number of benzene rings is 1. The fraction of sp³-hybridized carbons (Fsp3) is 0.647. The van der Waals surface area contributed by atoms with Crippen molar-refractivity contribution in [2.24, 2.45) is 5.41 Å². The summed E-state index contributed by atoms with van der Waals surface area (Å²) in [6.45, 7) is 8.55. The zero-order chi connectivity index (χ0) is 15.5. The molecule has 4 nitrogen and oxygen atoms in total. The second kappa shape index (κ2) is 6.88. The summed E-state index contributed by atoms with van der Waals surface area (Å²) in [6.07, 6.45) is -0.525. The van der Waals surface area contributed by atoms with Crippen LogP contribution in [0.4, 0.5) is 0 Å². The Hall–Kier alpha value is -0.940. The van der Waals surface area contributed by atoms with Crippen LogP contribution in [0.3, 0.4) is 0 Å². The van der Waals surface area contributed by atoms with Crippen molar-refractivity contribution in [1.82, 2.24) is 4.90 Å². The summed E-state index contributed by atoms with van der Waals surface area (Å²) in [6, 6.07) is 9.79. The molecule has 0 spiro atoms. The molecule has 2 rings (SSSR count). The van der Waals surface area contributed by atoms with E-state index in [0.29, 0.717) is 6.54 Å². The van der Waals surface area contributed by atoms with Crippen molar-refractivity contribution in [2.75, 3.05) is 26.2 Å². The van der Waals surface area contributed by atoms with Gasteiger partial charge in [-0.2, -0.15) is 0 Å². The average Bonchev–Trinajstić information content (AvgIpc) is 2.46. The van der Waals surface area contributed by atoms with Crippen LogP contribution < -0.4 is 0 Å². The molecule has 3 atom stereocenters. The van der Waals surface area contributed by atoms with Gasteiger partial charge in [0.05, 0.1) is 24.9 Å². The molecule has 1 fully saturated rings. The first-order chi connectivity index (χ1) is 9.92. The Bertz CT molecular complexity index is 435. The van der Waals surface area contributed by atoms with E-state index in [1.54, 1.807) is 0 Å². The van der Waals surface area contributed by atoms with E-state index >= 15 is 0 Å². The molecule has 1 heterocycles. The molecule has 0 radical (unpaired) electrons. The smallest absolute Gasteiger partial charge is 0.0936 e. The molecule has 1 aliphatic heterocycles. The van der Waals surface area contributed by atoms with Gasteiger partial charge in [0.1, 0.15) is 0 Å². The lowest BCUT2D eigenvalue weighted by Crippen LogP contribution is -2.51. The van der Waals surface area contributed by atoms with Crippen molar-refractivity contribution in [2.45, 2.75) is 39.1 Å². The van der Waals surface area contributed by atoms with Gasteiger partial charge >= 0.3 is 0 Å². The number of aliphatic hydroxyl groups is 2. The third-order valence-electron chi connectivity index (χ3n) is 4.09. The number of nitrogens with zero attached hydrogens (tertiary/aromatic N) is 1. The molecule has 1 aliphatic rings. The van der Waals surface area contributed by atoms with Gasteiger partial charge in [-0.25, -0.2) is 0 Å². The van der Waals surface area contributed by atoms with E-state index in [4.69, 9.17) is 4.74 Å². The predicted molar refractivity (Wildman–Crippen MR) is 83.0 cm³/mol. The molecule has 3 unspecified atom stereocenters. The summed E-state index contributed by atoms with van der Waals surface area (Å²) in [5, 5.41) is 20.0. The van der Waals surface area contributed by atoms with Gasteiger partial charge in [0.15, 0.2) is 0 Å². The highest BCUT2D eigenvalue weighted by molar-refractivity contribution is 5.19. The number of hydrogen-bond acceptors (Lipinski definition) is 4. The predicted octanol–water partition coefficient (Wildman–Crippen LogP) is 1.83. The number of aliphatic hydroxyl groups excluding tert-OH is 2. The summed E-state index contributed by atoms with van der Waals surface area (Å²) in [4.78, 5) is 2.28. The van der Waals surface area contributed by atoms with E-state index in [1.165, 1.54) is 0 Å². The Kier molecular flexibility index (Phi) is 5.38. The van der Waals surface area contributed by atoms with Gasteiger partial charge in [-0.05, 0) is 12.5 Å². The second-order valence-electron chi connectivity index (χ2n) is 6.75. The summed E-state index contributed by atoms with van der Waals surface area (Å²) in [5.74, 6) is 0. The van der Waals surface area contributed by atoms with Crippen LogP contribution in [0.15, 0.2) is 30.3 Å². The van der Waals surface area contributed by atoms with Crippen molar-refractivity contribution >= 4 is 0 Å². The monoisotopic (exact) mass is 293 g/mol. The maximum atomic E-state index is 10.7. The van der Waals surface area contributed by atoms with Crippen LogP contribution in [0, 0.1) is 5.41 Å². The molecule has 0 amide bonds. The molecule has 21 heavy (non-hydrogen) atoms. The summed E-state index contributed by atoms with van der Waals surface area (Å²) >= 11 is 0. The summed E-state index contributed by atoms with van der Waals surface area (Å²) < 4.78 is 5.67. The zero-order valence-corrected chi connectivity index (χ0v) is 13.2. The Morgan fingerprint density at radius 3 is 2.57 bits per heavy atom. The minimum absolute atomic E-state index is 0.0442. The Morgan fingerprint density at radius 2 is 1.95 bits per heavy atom. The fourth-order valence-electron chi connectivity index (χ4n) is 3.12. The standard InChI is InChI=1S/C17H27NO3/c1-13-9-18(10-15(11-19)21-13)12-17(2,3)16(20)14-7-5-4-6-8-14/h4-8,13,15-16,19-20H,9-12H2,1-3H3. The number of morpholine rings is 1. The Labute approximate surface area is 127 Å². The molecule has 0 aliphatic carbocycles. The summed E-state index contributed by atoms with van der Waals surface area (Å²) in [7, 11) is 0. The van der Waals surface area contributed by atoms with Crippen molar-refractivity contribution in [1.29, 1.82) is 0 Å². The molecule has 4 heteroatoms. The lowest BCUT2D eigenvalue weighted by Gasteiger charge is -2.41. The van der Waals surface area contributed by atoms with Gasteiger partial charge < -0.3 is 14.9 Å². The lowest BCUT2D eigenvalue weighted by molar-refractivity contribution is -0.108. The van der Waals surface area contributed by atoms with E-state index in [0.717, 1.165) is 18.7 Å². The van der Waals surface area contributed by atoms with Crippen LogP contribution in [0.1, 0.15) is 32.4 Å². The van der Waals surface area contributed by atoms with E-state index in [-0.39, 0.29) is 24.2 Å². The number of hydrogen-bond donors (Lipinski definition) is 2. The normalized spacial score (nSPS) is 25.8. The lowest BCUT2D eigenvalue weighted by atomic mass is 9.82. The molecule has 1 aromatic carbocycles. The van der Waals surface area contributed by atoms with Gasteiger partial charge in [0.25, 0.3) is 0 Å². The Morgan fingerprint density at radius 1 is 1.29 bits per heavy atom. The van der Waals surface area contributed by atoms with Crippen LogP contribution in [0.25, 0.3) is 0 Å². The highest BCUT2D eigenvalue weighted by Crippen LogP contribution is 2.34. The SMILES string of the molecule is CC1CN(CC(C)(C)C(O)c2ccccc2)CC(CO)O1. The van der Waals surface area contributed by atoms with Crippen molar-refractivity contribution in [3.8, 4) is 0 Å². The second-order valence-corrected chi connectivity index (χ2v) is 6.75. The fourth-order valence-corrected chi connectivity index (χ4v) is 3.12. The molecular formula is C17H27NO3. The highest BCUT2D eigenvalue weighted by atomic mass is 16.5. The van der Waals surface area contributed by atoms with Crippen LogP contribution in [0.5, 0.6) is 0 Å². The first kappa shape index (κ1) is 16.4. The van der Waals surface area contributed by atoms with E-state index in [1.807, 2.05) is 37.3 Å². The quantitative estimate of drug-likeness (QED) is 0.869. The number of rotatable bonds is 5. The first-order valence-electron chi connectivity index (χ1n) is 7.64. The molecule has 0 saturated carbocycles. The van der Waals surface area contributed by atoms with E-state index in [2.05, 4.69) is 18.7 Å².